The fourth-order valence-electron chi connectivity index (χ4n) is 1.31. The van der Waals surface area contributed by atoms with Gasteiger partial charge in [-0.15, -0.1) is 0 Å². The molecule has 0 radical (unpaired) electrons. The summed E-state index contributed by atoms with van der Waals surface area (Å²) in [5.74, 6) is -0.965. The summed E-state index contributed by atoms with van der Waals surface area (Å²) in [6.07, 6.45) is 7.04. The van der Waals surface area contributed by atoms with Gasteiger partial charge in [-0.1, -0.05) is 18.2 Å². The summed E-state index contributed by atoms with van der Waals surface area (Å²) in [7, 11) is 1.65. The number of aliphatic carboxylic acids is 1. The Hall–Kier alpha value is -1.13. The number of carbonyl (C=O) groups is 1. The van der Waals surface area contributed by atoms with Gasteiger partial charge < -0.3 is 15.6 Å². The number of rotatable bonds is 4. The molecule has 0 heterocycles. The molecule has 0 fully saturated rings. The molecule has 0 bridgehead atoms. The van der Waals surface area contributed by atoms with E-state index in [0.29, 0.717) is 6.42 Å². The van der Waals surface area contributed by atoms with Gasteiger partial charge in [0.1, 0.15) is 6.04 Å². The Balaban J connectivity index is 2.45. The standard InChI is InChI=1S/C10H15NO3/c1-14-8-4-2-7(3-5-8)6-9(11)10(12)13/h2-4,8-9H,5-6,11H2,1H3,(H,12,13)/t8?,9-/m0/s1. The quantitative estimate of drug-likeness (QED) is 0.695. The lowest BCUT2D eigenvalue weighted by molar-refractivity contribution is -0.138. The van der Waals surface area contributed by atoms with Crippen LogP contribution in [0.15, 0.2) is 23.8 Å². The molecule has 0 saturated carbocycles. The van der Waals surface area contributed by atoms with Gasteiger partial charge in [-0.2, -0.15) is 0 Å². The summed E-state index contributed by atoms with van der Waals surface area (Å²) in [5.41, 5.74) is 6.37. The first-order chi connectivity index (χ1) is 6.63. The third kappa shape index (κ3) is 2.97. The molecule has 14 heavy (non-hydrogen) atoms. The Kier molecular flexibility index (Phi) is 3.85. The molecule has 1 rings (SSSR count). The van der Waals surface area contributed by atoms with Crippen LogP contribution in [0.4, 0.5) is 0 Å². The van der Waals surface area contributed by atoms with Gasteiger partial charge in [0, 0.05) is 7.11 Å². The Morgan fingerprint density at radius 3 is 3.00 bits per heavy atom. The van der Waals surface area contributed by atoms with Crippen LogP contribution in [0, 0.1) is 0 Å². The molecule has 2 atom stereocenters. The van der Waals surface area contributed by atoms with Crippen molar-refractivity contribution in [3.63, 3.8) is 0 Å². The molecule has 0 aromatic heterocycles. The molecule has 1 aliphatic carbocycles. The van der Waals surface area contributed by atoms with Gasteiger partial charge >= 0.3 is 5.97 Å². The topological polar surface area (TPSA) is 72.5 Å². The third-order valence-electron chi connectivity index (χ3n) is 2.21. The lowest BCUT2D eigenvalue weighted by Gasteiger charge is -2.15. The van der Waals surface area contributed by atoms with Crippen LogP contribution in [0.1, 0.15) is 12.8 Å². The van der Waals surface area contributed by atoms with E-state index >= 15 is 0 Å². The van der Waals surface area contributed by atoms with E-state index in [-0.39, 0.29) is 6.10 Å². The molecule has 3 N–H and O–H groups in total. The molecule has 1 unspecified atom stereocenters. The highest BCUT2D eigenvalue weighted by atomic mass is 16.5. The SMILES string of the molecule is COC1C=CC(C[C@H](N)C(=O)O)=CC1. The summed E-state index contributed by atoms with van der Waals surface area (Å²) in [6, 6.07) is -0.815. The normalized spacial score (nSPS) is 23.0. The van der Waals surface area contributed by atoms with E-state index in [9.17, 15) is 4.79 Å². The summed E-state index contributed by atoms with van der Waals surface area (Å²) in [5, 5.41) is 8.61. The van der Waals surface area contributed by atoms with Crippen molar-refractivity contribution in [1.82, 2.24) is 0 Å². The number of carboxylic acids is 1. The lowest BCUT2D eigenvalue weighted by Crippen LogP contribution is -2.30. The molecule has 0 spiro atoms. The first-order valence-corrected chi connectivity index (χ1v) is 4.52. The van der Waals surface area contributed by atoms with Gasteiger partial charge in [0.25, 0.3) is 0 Å². The van der Waals surface area contributed by atoms with Crippen molar-refractivity contribution in [2.75, 3.05) is 7.11 Å². The van der Waals surface area contributed by atoms with Gasteiger partial charge in [0.15, 0.2) is 0 Å². The van der Waals surface area contributed by atoms with Crippen LogP contribution in [0.25, 0.3) is 0 Å². The molecule has 4 heteroatoms. The second-order valence-electron chi connectivity index (χ2n) is 3.30. The molecule has 0 aromatic carbocycles. The molecule has 1 aliphatic rings. The second kappa shape index (κ2) is 4.93. The van der Waals surface area contributed by atoms with Crippen LogP contribution in [0.5, 0.6) is 0 Å². The highest BCUT2D eigenvalue weighted by molar-refractivity contribution is 5.73. The predicted molar refractivity (Wildman–Crippen MR) is 52.9 cm³/mol. The summed E-state index contributed by atoms with van der Waals surface area (Å²) in [6.45, 7) is 0. The molecule has 0 amide bonds. The van der Waals surface area contributed by atoms with E-state index in [2.05, 4.69) is 0 Å². The van der Waals surface area contributed by atoms with E-state index in [1.165, 1.54) is 0 Å². The minimum atomic E-state index is -0.965. The Morgan fingerprint density at radius 2 is 2.57 bits per heavy atom. The van der Waals surface area contributed by atoms with Gasteiger partial charge in [-0.3, -0.25) is 4.79 Å². The maximum atomic E-state index is 10.5. The van der Waals surface area contributed by atoms with E-state index < -0.39 is 12.0 Å². The van der Waals surface area contributed by atoms with E-state index in [1.807, 2.05) is 18.2 Å². The summed E-state index contributed by atoms with van der Waals surface area (Å²) >= 11 is 0. The van der Waals surface area contributed by atoms with Crippen LogP contribution in [0.3, 0.4) is 0 Å². The zero-order valence-electron chi connectivity index (χ0n) is 8.14. The van der Waals surface area contributed by atoms with Crippen molar-refractivity contribution in [1.29, 1.82) is 0 Å². The summed E-state index contributed by atoms with van der Waals surface area (Å²) < 4.78 is 5.11. The van der Waals surface area contributed by atoms with Crippen molar-refractivity contribution < 1.29 is 14.6 Å². The monoisotopic (exact) mass is 197 g/mol. The number of carboxylic acid groups (broad SMARTS) is 1. The Morgan fingerprint density at radius 1 is 1.86 bits per heavy atom. The largest absolute Gasteiger partial charge is 0.480 e. The minimum absolute atomic E-state index is 0.111. The zero-order chi connectivity index (χ0) is 10.6. The van der Waals surface area contributed by atoms with E-state index in [0.717, 1.165) is 12.0 Å². The van der Waals surface area contributed by atoms with Crippen molar-refractivity contribution in [2.24, 2.45) is 5.73 Å². The molecule has 0 aliphatic heterocycles. The average molecular weight is 197 g/mol. The van der Waals surface area contributed by atoms with Gasteiger partial charge in [0.2, 0.25) is 0 Å². The van der Waals surface area contributed by atoms with Crippen molar-refractivity contribution in [3.8, 4) is 0 Å². The first-order valence-electron chi connectivity index (χ1n) is 4.52. The fraction of sp³-hybridized carbons (Fsp3) is 0.500. The van der Waals surface area contributed by atoms with Gasteiger partial charge in [0.05, 0.1) is 6.10 Å². The number of methoxy groups -OCH3 is 1. The number of hydrogen-bond acceptors (Lipinski definition) is 3. The molecule has 78 valence electrons. The minimum Gasteiger partial charge on any atom is -0.480 e. The zero-order valence-corrected chi connectivity index (χ0v) is 8.14. The first kappa shape index (κ1) is 10.9. The number of ether oxygens (including phenoxy) is 1. The van der Waals surface area contributed by atoms with Gasteiger partial charge in [-0.05, 0) is 18.4 Å². The maximum Gasteiger partial charge on any atom is 0.320 e. The number of allylic oxidation sites excluding steroid dienone is 1. The third-order valence-corrected chi connectivity index (χ3v) is 2.21. The fourth-order valence-corrected chi connectivity index (χ4v) is 1.31. The Labute approximate surface area is 83.0 Å². The van der Waals surface area contributed by atoms with Crippen molar-refractivity contribution in [3.05, 3.63) is 23.8 Å². The predicted octanol–water partition coefficient (Wildman–Crippen LogP) is 0.690. The molecular weight excluding hydrogens is 182 g/mol. The van der Waals surface area contributed by atoms with Crippen molar-refractivity contribution >= 4 is 5.97 Å². The van der Waals surface area contributed by atoms with Crippen LogP contribution >= 0.6 is 0 Å². The number of hydrogen-bond donors (Lipinski definition) is 2. The van der Waals surface area contributed by atoms with Gasteiger partial charge in [-0.25, -0.2) is 0 Å². The molecular formula is C10H15NO3. The maximum absolute atomic E-state index is 10.5. The number of nitrogens with two attached hydrogens (primary N) is 1. The molecule has 0 saturated heterocycles. The van der Waals surface area contributed by atoms with Crippen LogP contribution in [-0.2, 0) is 9.53 Å². The second-order valence-corrected chi connectivity index (χ2v) is 3.30. The summed E-state index contributed by atoms with van der Waals surface area (Å²) in [4.78, 5) is 10.5. The lowest BCUT2D eigenvalue weighted by atomic mass is 9.99. The molecule has 4 nitrogen and oxygen atoms in total. The van der Waals surface area contributed by atoms with Crippen molar-refractivity contribution in [2.45, 2.75) is 25.0 Å². The smallest absolute Gasteiger partial charge is 0.320 e. The molecule has 0 aromatic rings. The van der Waals surface area contributed by atoms with Crippen LogP contribution in [-0.4, -0.2) is 30.3 Å². The Bertz CT molecular complexity index is 271. The van der Waals surface area contributed by atoms with Crippen LogP contribution < -0.4 is 5.73 Å². The van der Waals surface area contributed by atoms with E-state index in [1.54, 1.807) is 7.11 Å². The van der Waals surface area contributed by atoms with E-state index in [4.69, 9.17) is 15.6 Å². The average Bonchev–Trinajstić information content (AvgIpc) is 2.19. The van der Waals surface area contributed by atoms with Crippen LogP contribution in [0.2, 0.25) is 0 Å². The highest BCUT2D eigenvalue weighted by Gasteiger charge is 2.14. The highest BCUT2D eigenvalue weighted by Crippen LogP contribution is 2.16.